The Morgan fingerprint density at radius 2 is 2.32 bits per heavy atom. The van der Waals surface area contributed by atoms with Gasteiger partial charge in [-0.15, -0.1) is 0 Å². The van der Waals surface area contributed by atoms with Gasteiger partial charge in [0.1, 0.15) is 0 Å². The fourth-order valence-corrected chi connectivity index (χ4v) is 3.16. The van der Waals surface area contributed by atoms with Crippen LogP contribution in [0.4, 0.5) is 0 Å². The number of nitrogens with one attached hydrogen (secondary N) is 1. The Hall–Kier alpha value is -1.35. The number of aliphatic hydroxyl groups is 1. The molecular formula is C16H22N2O. The molecule has 0 bridgehead atoms. The van der Waals surface area contributed by atoms with E-state index in [0.717, 1.165) is 25.0 Å². The van der Waals surface area contributed by atoms with Crippen molar-refractivity contribution in [3.63, 3.8) is 0 Å². The van der Waals surface area contributed by atoms with Crippen LogP contribution in [0.1, 0.15) is 32.6 Å². The van der Waals surface area contributed by atoms with Crippen molar-refractivity contribution in [2.24, 2.45) is 16.9 Å². The first-order valence-corrected chi connectivity index (χ1v) is 7.26. The lowest BCUT2D eigenvalue weighted by atomic mass is 9.77. The van der Waals surface area contributed by atoms with Crippen LogP contribution in [-0.2, 0) is 0 Å². The van der Waals surface area contributed by atoms with E-state index in [1.165, 1.54) is 12.0 Å². The van der Waals surface area contributed by atoms with E-state index in [1.807, 2.05) is 6.92 Å². The molecule has 4 unspecified atom stereocenters. The van der Waals surface area contributed by atoms with Gasteiger partial charge in [-0.05, 0) is 37.7 Å². The van der Waals surface area contributed by atoms with Gasteiger partial charge in [-0.1, -0.05) is 30.4 Å². The fourth-order valence-electron chi connectivity index (χ4n) is 3.16. The first-order valence-electron chi connectivity index (χ1n) is 7.26. The summed E-state index contributed by atoms with van der Waals surface area (Å²) in [5.74, 6) is 1.25. The summed E-state index contributed by atoms with van der Waals surface area (Å²) in [7, 11) is 0. The highest BCUT2D eigenvalue weighted by Gasteiger charge is 2.26. The summed E-state index contributed by atoms with van der Waals surface area (Å²) in [4.78, 5) is 0. The van der Waals surface area contributed by atoms with E-state index in [0.29, 0.717) is 11.8 Å². The lowest BCUT2D eigenvalue weighted by Gasteiger charge is -2.31. The number of hydrogen-bond donors (Lipinski definition) is 2. The molecule has 1 heterocycles. The summed E-state index contributed by atoms with van der Waals surface area (Å²) in [6.45, 7) is 1.97. The van der Waals surface area contributed by atoms with Crippen LogP contribution in [0.25, 0.3) is 0 Å². The predicted molar refractivity (Wildman–Crippen MR) is 77.9 cm³/mol. The average molecular weight is 258 g/mol. The van der Waals surface area contributed by atoms with Gasteiger partial charge < -0.3 is 10.5 Å². The van der Waals surface area contributed by atoms with Crippen molar-refractivity contribution in [3.05, 3.63) is 36.0 Å². The molecule has 0 spiro atoms. The predicted octanol–water partition coefficient (Wildman–Crippen LogP) is 2.55. The second-order valence-electron chi connectivity index (χ2n) is 5.96. The van der Waals surface area contributed by atoms with Crippen molar-refractivity contribution in [3.8, 4) is 0 Å². The number of rotatable bonds is 2. The summed E-state index contributed by atoms with van der Waals surface area (Å²) in [6.07, 6.45) is 14.9. The fraction of sp³-hybridized carbons (Fsp3) is 0.562. The smallest absolute Gasteiger partial charge is 0.0807 e. The Morgan fingerprint density at radius 3 is 3.16 bits per heavy atom. The Labute approximate surface area is 114 Å². The van der Waals surface area contributed by atoms with Crippen molar-refractivity contribution in [1.82, 2.24) is 5.43 Å². The number of hydrazone groups is 1. The van der Waals surface area contributed by atoms with E-state index in [1.54, 1.807) is 0 Å². The van der Waals surface area contributed by atoms with Gasteiger partial charge in [0.05, 0.1) is 12.1 Å². The maximum Gasteiger partial charge on any atom is 0.0807 e. The summed E-state index contributed by atoms with van der Waals surface area (Å²) in [6, 6.07) is 0.0769. The molecule has 0 saturated carbocycles. The normalized spacial score (nSPS) is 37.2. The van der Waals surface area contributed by atoms with E-state index in [9.17, 15) is 5.11 Å². The zero-order chi connectivity index (χ0) is 13.2. The molecule has 3 heteroatoms. The average Bonchev–Trinajstić information content (AvgIpc) is 2.43. The molecule has 0 fully saturated rings. The summed E-state index contributed by atoms with van der Waals surface area (Å²) in [5, 5.41) is 14.3. The van der Waals surface area contributed by atoms with Gasteiger partial charge in [-0.2, -0.15) is 5.10 Å². The monoisotopic (exact) mass is 258 g/mol. The van der Waals surface area contributed by atoms with Gasteiger partial charge in [0.25, 0.3) is 0 Å². The SMILES string of the molecule is CC1NN=C(CC2CC=C3C=CC=CC3C2)CC1O. The zero-order valence-corrected chi connectivity index (χ0v) is 11.4. The molecule has 0 aromatic carbocycles. The number of nitrogens with zero attached hydrogens (tertiary/aromatic N) is 1. The van der Waals surface area contributed by atoms with Crippen LogP contribution in [0.15, 0.2) is 41.1 Å². The number of hydrogen-bond acceptors (Lipinski definition) is 3. The van der Waals surface area contributed by atoms with Crippen LogP contribution < -0.4 is 5.43 Å². The first-order chi connectivity index (χ1) is 9.22. The summed E-state index contributed by atoms with van der Waals surface area (Å²) in [5.41, 5.74) is 5.62. The molecule has 0 aromatic rings. The molecule has 2 N–H and O–H groups in total. The molecule has 2 aliphatic carbocycles. The van der Waals surface area contributed by atoms with Crippen LogP contribution >= 0.6 is 0 Å². The van der Waals surface area contributed by atoms with E-state index in [4.69, 9.17) is 0 Å². The van der Waals surface area contributed by atoms with Crippen molar-refractivity contribution in [2.45, 2.75) is 44.8 Å². The van der Waals surface area contributed by atoms with E-state index in [2.05, 4.69) is 40.9 Å². The molecule has 102 valence electrons. The van der Waals surface area contributed by atoms with E-state index < -0.39 is 0 Å². The number of allylic oxidation sites excluding steroid dienone is 6. The minimum atomic E-state index is -0.292. The quantitative estimate of drug-likeness (QED) is 0.799. The van der Waals surface area contributed by atoms with Gasteiger partial charge in [0, 0.05) is 18.1 Å². The van der Waals surface area contributed by atoms with Crippen LogP contribution in [-0.4, -0.2) is 23.0 Å². The summed E-state index contributed by atoms with van der Waals surface area (Å²) < 4.78 is 0. The van der Waals surface area contributed by atoms with Crippen molar-refractivity contribution in [2.75, 3.05) is 0 Å². The molecule has 0 amide bonds. The lowest BCUT2D eigenvalue weighted by Crippen LogP contribution is -2.41. The van der Waals surface area contributed by atoms with Crippen LogP contribution in [0.2, 0.25) is 0 Å². The lowest BCUT2D eigenvalue weighted by molar-refractivity contribution is 0.134. The highest BCUT2D eigenvalue weighted by Crippen LogP contribution is 2.35. The maximum absolute atomic E-state index is 9.89. The molecule has 3 rings (SSSR count). The van der Waals surface area contributed by atoms with Crippen LogP contribution in [0.5, 0.6) is 0 Å². The minimum Gasteiger partial charge on any atom is -0.391 e. The molecule has 0 radical (unpaired) electrons. The van der Waals surface area contributed by atoms with Crippen LogP contribution in [0.3, 0.4) is 0 Å². The molecule has 1 aliphatic heterocycles. The molecule has 0 saturated heterocycles. The molecule has 3 aliphatic rings. The van der Waals surface area contributed by atoms with Gasteiger partial charge in [0.15, 0.2) is 0 Å². The highest BCUT2D eigenvalue weighted by atomic mass is 16.3. The van der Waals surface area contributed by atoms with Gasteiger partial charge in [-0.3, -0.25) is 0 Å². The summed E-state index contributed by atoms with van der Waals surface area (Å²) >= 11 is 0. The van der Waals surface area contributed by atoms with Gasteiger partial charge in [-0.25, -0.2) is 0 Å². The molecule has 3 nitrogen and oxygen atoms in total. The third kappa shape index (κ3) is 2.81. The van der Waals surface area contributed by atoms with E-state index in [-0.39, 0.29) is 12.1 Å². The number of aliphatic hydroxyl groups excluding tert-OH is 1. The first kappa shape index (κ1) is 12.7. The molecule has 0 aromatic heterocycles. The standard InChI is InChI=1S/C16H22N2O/c1-11-16(19)10-15(18-17-11)9-12-6-7-13-4-2-3-5-14(13)8-12/h2-5,7,11-12,14,16-17,19H,6,8-10H2,1H3. The molecule has 4 atom stereocenters. The van der Waals surface area contributed by atoms with E-state index >= 15 is 0 Å². The van der Waals surface area contributed by atoms with Gasteiger partial charge >= 0.3 is 0 Å². The van der Waals surface area contributed by atoms with Crippen LogP contribution in [0, 0.1) is 11.8 Å². The second-order valence-corrected chi connectivity index (χ2v) is 5.96. The third-order valence-electron chi connectivity index (χ3n) is 4.42. The Balaban J connectivity index is 1.62. The minimum absolute atomic E-state index is 0.0769. The maximum atomic E-state index is 9.89. The number of fused-ring (bicyclic) bond motifs is 1. The Morgan fingerprint density at radius 1 is 1.42 bits per heavy atom. The Kier molecular flexibility index (Phi) is 3.56. The second kappa shape index (κ2) is 5.33. The topological polar surface area (TPSA) is 44.6 Å². The Bertz CT molecular complexity index is 461. The van der Waals surface area contributed by atoms with Crippen molar-refractivity contribution < 1.29 is 5.11 Å². The van der Waals surface area contributed by atoms with Crippen molar-refractivity contribution in [1.29, 1.82) is 0 Å². The van der Waals surface area contributed by atoms with Gasteiger partial charge in [0.2, 0.25) is 0 Å². The highest BCUT2D eigenvalue weighted by molar-refractivity contribution is 5.85. The largest absolute Gasteiger partial charge is 0.391 e. The third-order valence-corrected chi connectivity index (χ3v) is 4.42. The molecular weight excluding hydrogens is 236 g/mol. The zero-order valence-electron chi connectivity index (χ0n) is 11.4. The molecule has 19 heavy (non-hydrogen) atoms. The van der Waals surface area contributed by atoms with Crippen molar-refractivity contribution >= 4 is 5.71 Å².